The van der Waals surface area contributed by atoms with Crippen molar-refractivity contribution in [2.24, 2.45) is 0 Å². The molecule has 0 spiro atoms. The predicted octanol–water partition coefficient (Wildman–Crippen LogP) is 3.03. The molecule has 4 heteroatoms. The first kappa shape index (κ1) is 14.5. The van der Waals surface area contributed by atoms with E-state index in [0.717, 1.165) is 6.54 Å². The van der Waals surface area contributed by atoms with Crippen LogP contribution in [0.5, 0.6) is 0 Å². The van der Waals surface area contributed by atoms with Crippen molar-refractivity contribution in [1.29, 1.82) is 0 Å². The Morgan fingerprint density at radius 1 is 1.53 bits per heavy atom. The molecule has 1 atom stereocenters. The van der Waals surface area contributed by atoms with Crippen LogP contribution < -0.4 is 5.32 Å². The van der Waals surface area contributed by atoms with Crippen LogP contribution >= 0.6 is 11.3 Å². The van der Waals surface area contributed by atoms with Gasteiger partial charge >= 0.3 is 0 Å². The van der Waals surface area contributed by atoms with E-state index >= 15 is 0 Å². The SMILES string of the molecule is CCN(C(=O)CNC(C)c1cc(C)sc1C)C1CC1. The van der Waals surface area contributed by atoms with Crippen molar-refractivity contribution in [3.05, 3.63) is 21.4 Å². The Labute approximate surface area is 120 Å². The van der Waals surface area contributed by atoms with Crippen LogP contribution in [0.25, 0.3) is 0 Å². The van der Waals surface area contributed by atoms with E-state index in [9.17, 15) is 4.79 Å². The Bertz CT molecular complexity index is 451. The molecule has 1 aromatic rings. The number of carbonyl (C=O) groups excluding carboxylic acids is 1. The van der Waals surface area contributed by atoms with Crippen molar-refractivity contribution < 1.29 is 4.79 Å². The third kappa shape index (κ3) is 3.57. The average molecular weight is 280 g/mol. The molecular weight excluding hydrogens is 256 g/mol. The van der Waals surface area contributed by atoms with Gasteiger partial charge in [-0.1, -0.05) is 0 Å². The fourth-order valence-electron chi connectivity index (χ4n) is 2.56. The maximum atomic E-state index is 12.1. The lowest BCUT2D eigenvalue weighted by atomic mass is 10.1. The third-order valence-electron chi connectivity index (χ3n) is 3.75. The summed E-state index contributed by atoms with van der Waals surface area (Å²) >= 11 is 1.82. The Balaban J connectivity index is 1.87. The molecule has 1 fully saturated rings. The summed E-state index contributed by atoms with van der Waals surface area (Å²) in [6.07, 6.45) is 2.36. The molecule has 106 valence electrons. The van der Waals surface area contributed by atoms with E-state index in [0.29, 0.717) is 12.6 Å². The maximum Gasteiger partial charge on any atom is 0.236 e. The van der Waals surface area contributed by atoms with Crippen molar-refractivity contribution in [3.8, 4) is 0 Å². The summed E-state index contributed by atoms with van der Waals surface area (Å²) < 4.78 is 0. The number of nitrogens with zero attached hydrogens (tertiary/aromatic N) is 1. The standard InChI is InChI=1S/C15H24N2OS/c1-5-17(13-6-7-13)15(18)9-16-11(3)14-8-10(2)19-12(14)4/h8,11,13,16H,5-7,9H2,1-4H3. The first-order valence-electron chi connectivity index (χ1n) is 7.12. The summed E-state index contributed by atoms with van der Waals surface area (Å²) in [5.41, 5.74) is 1.32. The van der Waals surface area contributed by atoms with Gasteiger partial charge in [-0.2, -0.15) is 0 Å². The summed E-state index contributed by atoms with van der Waals surface area (Å²) in [5, 5.41) is 3.37. The lowest BCUT2D eigenvalue weighted by Gasteiger charge is -2.22. The Morgan fingerprint density at radius 3 is 2.68 bits per heavy atom. The van der Waals surface area contributed by atoms with Crippen LogP contribution in [-0.2, 0) is 4.79 Å². The number of amides is 1. The Hall–Kier alpha value is -0.870. The number of rotatable bonds is 6. The smallest absolute Gasteiger partial charge is 0.236 e. The maximum absolute atomic E-state index is 12.1. The van der Waals surface area contributed by atoms with Gasteiger partial charge in [0.05, 0.1) is 6.54 Å². The van der Waals surface area contributed by atoms with Crippen LogP contribution in [0.1, 0.15) is 48.0 Å². The molecule has 0 radical (unpaired) electrons. The molecule has 0 saturated heterocycles. The number of thiophene rings is 1. The molecule has 1 heterocycles. The van der Waals surface area contributed by atoms with Gasteiger partial charge < -0.3 is 10.2 Å². The first-order valence-corrected chi connectivity index (χ1v) is 7.94. The minimum Gasteiger partial charge on any atom is -0.339 e. The fourth-order valence-corrected chi connectivity index (χ4v) is 3.58. The molecule has 1 aliphatic carbocycles. The molecule has 1 saturated carbocycles. The molecule has 1 aliphatic rings. The monoisotopic (exact) mass is 280 g/mol. The van der Waals surface area contributed by atoms with E-state index in [1.54, 1.807) is 0 Å². The van der Waals surface area contributed by atoms with Gasteiger partial charge in [-0.3, -0.25) is 4.79 Å². The minimum atomic E-state index is 0.237. The quantitative estimate of drug-likeness (QED) is 0.868. The zero-order valence-electron chi connectivity index (χ0n) is 12.3. The van der Waals surface area contributed by atoms with Gasteiger partial charge in [0, 0.05) is 28.4 Å². The second kappa shape index (κ2) is 6.06. The van der Waals surface area contributed by atoms with Gasteiger partial charge in [0.15, 0.2) is 0 Å². The first-order chi connectivity index (χ1) is 9.02. The topological polar surface area (TPSA) is 32.3 Å². The Kier molecular flexibility index (Phi) is 4.63. The van der Waals surface area contributed by atoms with Crippen LogP contribution in [0.2, 0.25) is 0 Å². The molecule has 1 aromatic heterocycles. The summed E-state index contributed by atoms with van der Waals surface area (Å²) in [5.74, 6) is 0.237. The van der Waals surface area contributed by atoms with Crippen molar-refractivity contribution in [3.63, 3.8) is 0 Å². The van der Waals surface area contributed by atoms with Gasteiger partial charge in [0.25, 0.3) is 0 Å². The lowest BCUT2D eigenvalue weighted by Crippen LogP contribution is -2.40. The zero-order chi connectivity index (χ0) is 14.0. The van der Waals surface area contributed by atoms with E-state index in [2.05, 4.69) is 39.1 Å². The minimum absolute atomic E-state index is 0.237. The van der Waals surface area contributed by atoms with E-state index in [4.69, 9.17) is 0 Å². The normalized spacial score (nSPS) is 16.4. The number of likely N-dealkylation sites (N-methyl/N-ethyl adjacent to an activating group) is 1. The molecule has 0 aromatic carbocycles. The van der Waals surface area contributed by atoms with Crippen LogP contribution in [0.3, 0.4) is 0 Å². The average Bonchev–Trinajstić information content (AvgIpc) is 3.12. The van der Waals surface area contributed by atoms with Crippen LogP contribution in [0, 0.1) is 13.8 Å². The highest BCUT2D eigenvalue weighted by atomic mass is 32.1. The van der Waals surface area contributed by atoms with Gasteiger partial charge in [-0.25, -0.2) is 0 Å². The molecule has 1 amide bonds. The molecule has 0 aliphatic heterocycles. The van der Waals surface area contributed by atoms with Crippen molar-refractivity contribution in [2.75, 3.05) is 13.1 Å². The molecular formula is C15H24N2OS. The molecule has 19 heavy (non-hydrogen) atoms. The lowest BCUT2D eigenvalue weighted by molar-refractivity contribution is -0.130. The van der Waals surface area contributed by atoms with Crippen LogP contribution in [0.15, 0.2) is 6.07 Å². The fraction of sp³-hybridized carbons (Fsp3) is 0.667. The molecule has 3 nitrogen and oxygen atoms in total. The highest BCUT2D eigenvalue weighted by Gasteiger charge is 2.31. The van der Waals surface area contributed by atoms with E-state index < -0.39 is 0 Å². The number of nitrogens with one attached hydrogen (secondary N) is 1. The van der Waals surface area contributed by atoms with Crippen LogP contribution in [-0.4, -0.2) is 29.9 Å². The van der Waals surface area contributed by atoms with Gasteiger partial charge in [-0.05, 0) is 52.2 Å². The summed E-state index contributed by atoms with van der Waals surface area (Å²) in [4.78, 5) is 16.8. The van der Waals surface area contributed by atoms with Gasteiger partial charge in [0.1, 0.15) is 0 Å². The molecule has 1 unspecified atom stereocenters. The highest BCUT2D eigenvalue weighted by molar-refractivity contribution is 7.12. The largest absolute Gasteiger partial charge is 0.339 e. The summed E-state index contributed by atoms with van der Waals surface area (Å²) in [6.45, 7) is 9.75. The zero-order valence-corrected chi connectivity index (χ0v) is 13.1. The third-order valence-corrected chi connectivity index (χ3v) is 4.74. The summed E-state index contributed by atoms with van der Waals surface area (Å²) in [6, 6.07) is 2.98. The van der Waals surface area contributed by atoms with E-state index in [-0.39, 0.29) is 11.9 Å². The molecule has 0 bridgehead atoms. The van der Waals surface area contributed by atoms with E-state index in [1.165, 1.54) is 28.2 Å². The van der Waals surface area contributed by atoms with E-state index in [1.807, 2.05) is 16.2 Å². The second-order valence-corrected chi connectivity index (χ2v) is 6.84. The Morgan fingerprint density at radius 2 is 2.21 bits per heavy atom. The van der Waals surface area contributed by atoms with Crippen LogP contribution in [0.4, 0.5) is 0 Å². The van der Waals surface area contributed by atoms with Gasteiger partial charge in [0.2, 0.25) is 5.91 Å². The van der Waals surface area contributed by atoms with Crippen molar-refractivity contribution in [1.82, 2.24) is 10.2 Å². The van der Waals surface area contributed by atoms with Crippen molar-refractivity contribution in [2.45, 2.75) is 52.6 Å². The molecule has 2 rings (SSSR count). The van der Waals surface area contributed by atoms with Crippen molar-refractivity contribution >= 4 is 17.2 Å². The van der Waals surface area contributed by atoms with Gasteiger partial charge in [-0.15, -0.1) is 11.3 Å². The molecule has 1 N–H and O–H groups in total. The summed E-state index contributed by atoms with van der Waals surface area (Å²) in [7, 11) is 0. The number of hydrogen-bond donors (Lipinski definition) is 1. The number of aryl methyl sites for hydroxylation is 2. The number of carbonyl (C=O) groups is 1. The number of hydrogen-bond acceptors (Lipinski definition) is 3. The highest BCUT2D eigenvalue weighted by Crippen LogP contribution is 2.27. The predicted molar refractivity (Wildman–Crippen MR) is 80.6 cm³/mol. The second-order valence-electron chi connectivity index (χ2n) is 5.38.